The van der Waals surface area contributed by atoms with Crippen LogP contribution in [0.25, 0.3) is 0 Å². The first-order valence-corrected chi connectivity index (χ1v) is 9.99. The number of rotatable bonds is 4. The number of aliphatic imine (C=N–C) groups is 1. The second kappa shape index (κ2) is 10.6. The van der Waals surface area contributed by atoms with Gasteiger partial charge < -0.3 is 10.6 Å². The number of nitrogens with zero attached hydrogens (tertiary/aromatic N) is 3. The van der Waals surface area contributed by atoms with Crippen LogP contribution in [-0.4, -0.2) is 48.5 Å². The van der Waals surface area contributed by atoms with Crippen molar-refractivity contribution in [3.63, 3.8) is 0 Å². The first-order chi connectivity index (χ1) is 11.3. The van der Waals surface area contributed by atoms with Gasteiger partial charge in [0.15, 0.2) is 5.96 Å². The minimum absolute atomic E-state index is 0. The second-order valence-corrected chi connectivity index (χ2v) is 7.96. The maximum absolute atomic E-state index is 6.24. The molecule has 6 heteroatoms. The van der Waals surface area contributed by atoms with E-state index in [0.29, 0.717) is 5.92 Å². The number of hydrogen-bond acceptors (Lipinski definition) is 3. The van der Waals surface area contributed by atoms with Crippen LogP contribution in [0.3, 0.4) is 0 Å². The third-order valence-corrected chi connectivity index (χ3v) is 5.87. The van der Waals surface area contributed by atoms with Crippen LogP contribution in [-0.2, 0) is 6.54 Å². The predicted molar refractivity (Wildman–Crippen MR) is 114 cm³/mol. The van der Waals surface area contributed by atoms with E-state index in [1.165, 1.54) is 49.9 Å². The van der Waals surface area contributed by atoms with Crippen molar-refractivity contribution in [1.82, 2.24) is 9.80 Å². The van der Waals surface area contributed by atoms with Crippen molar-refractivity contribution in [2.45, 2.75) is 45.1 Å². The fourth-order valence-electron chi connectivity index (χ4n) is 3.69. The number of halogens is 1. The molecule has 1 atom stereocenters. The number of likely N-dealkylation sites (tertiary alicyclic amines) is 2. The van der Waals surface area contributed by atoms with E-state index < -0.39 is 0 Å². The fourth-order valence-corrected chi connectivity index (χ4v) is 4.44. The molecule has 0 aromatic carbocycles. The molecule has 4 nitrogen and oxygen atoms in total. The number of hydrogen-bond donors (Lipinski definition) is 1. The van der Waals surface area contributed by atoms with E-state index in [1.54, 1.807) is 0 Å². The molecule has 1 aromatic rings. The molecule has 2 aliphatic rings. The monoisotopic (exact) mass is 462 g/mol. The zero-order valence-electron chi connectivity index (χ0n) is 14.5. The Labute approximate surface area is 167 Å². The molecule has 0 amide bonds. The smallest absolute Gasteiger partial charge is 0.191 e. The molecule has 3 heterocycles. The van der Waals surface area contributed by atoms with Crippen LogP contribution in [0.2, 0.25) is 0 Å². The molecule has 2 N–H and O–H groups in total. The number of thiophene rings is 1. The SMILES string of the molecule is I.NC(=NCC1CCCN(Cc2cccs2)C1)N1CCCCCC1. The van der Waals surface area contributed by atoms with Gasteiger partial charge in [0.1, 0.15) is 0 Å². The van der Waals surface area contributed by atoms with E-state index in [2.05, 4.69) is 27.3 Å². The average Bonchev–Trinajstić information content (AvgIpc) is 2.92. The Bertz CT molecular complexity index is 483. The van der Waals surface area contributed by atoms with Crippen molar-refractivity contribution < 1.29 is 0 Å². The van der Waals surface area contributed by atoms with Crippen LogP contribution in [0.15, 0.2) is 22.5 Å². The highest BCUT2D eigenvalue weighted by molar-refractivity contribution is 14.0. The van der Waals surface area contributed by atoms with Gasteiger partial charge in [0.2, 0.25) is 0 Å². The molecule has 0 aliphatic carbocycles. The summed E-state index contributed by atoms with van der Waals surface area (Å²) in [6.07, 6.45) is 7.77. The van der Waals surface area contributed by atoms with Crippen molar-refractivity contribution in [1.29, 1.82) is 0 Å². The minimum Gasteiger partial charge on any atom is -0.370 e. The Morgan fingerprint density at radius 3 is 2.67 bits per heavy atom. The topological polar surface area (TPSA) is 44.9 Å². The lowest BCUT2D eigenvalue weighted by Crippen LogP contribution is -2.39. The van der Waals surface area contributed by atoms with E-state index >= 15 is 0 Å². The predicted octanol–water partition coefficient (Wildman–Crippen LogP) is 3.77. The van der Waals surface area contributed by atoms with E-state index in [-0.39, 0.29) is 24.0 Å². The molecule has 2 aliphatic heterocycles. The molecular formula is C18H31IN4S. The lowest BCUT2D eigenvalue weighted by atomic mass is 9.98. The van der Waals surface area contributed by atoms with Gasteiger partial charge in [-0.25, -0.2) is 0 Å². The van der Waals surface area contributed by atoms with Gasteiger partial charge in [-0.3, -0.25) is 9.89 Å². The van der Waals surface area contributed by atoms with Gasteiger partial charge in [0, 0.05) is 37.6 Å². The Kier molecular flexibility index (Phi) is 8.83. The summed E-state index contributed by atoms with van der Waals surface area (Å²) in [5, 5.41) is 2.17. The number of nitrogens with two attached hydrogens (primary N) is 1. The van der Waals surface area contributed by atoms with Crippen LogP contribution >= 0.6 is 35.3 Å². The van der Waals surface area contributed by atoms with Crippen LogP contribution in [0.4, 0.5) is 0 Å². The Morgan fingerprint density at radius 2 is 1.96 bits per heavy atom. The van der Waals surface area contributed by atoms with E-state index in [4.69, 9.17) is 10.7 Å². The molecule has 0 spiro atoms. The standard InChI is InChI=1S/C18H30N4S.HI/c19-18(22-10-3-1-2-4-11-22)20-13-16-7-5-9-21(14-16)15-17-8-6-12-23-17;/h6,8,12,16H,1-5,7,9-11,13-15H2,(H2,19,20);1H. The molecule has 2 fully saturated rings. The van der Waals surface area contributed by atoms with Gasteiger partial charge in [-0.15, -0.1) is 35.3 Å². The highest BCUT2D eigenvalue weighted by Gasteiger charge is 2.20. The average molecular weight is 462 g/mol. The zero-order valence-corrected chi connectivity index (χ0v) is 17.7. The second-order valence-electron chi connectivity index (χ2n) is 6.92. The first kappa shape index (κ1) is 20.0. The normalized spacial score (nSPS) is 23.6. The summed E-state index contributed by atoms with van der Waals surface area (Å²) in [5.41, 5.74) is 6.24. The van der Waals surface area contributed by atoms with Crippen molar-refractivity contribution in [2.75, 3.05) is 32.7 Å². The molecule has 136 valence electrons. The van der Waals surface area contributed by atoms with Crippen molar-refractivity contribution in [2.24, 2.45) is 16.6 Å². The van der Waals surface area contributed by atoms with E-state index in [1.807, 2.05) is 11.3 Å². The molecule has 1 aromatic heterocycles. The Hall–Kier alpha value is -0.340. The van der Waals surface area contributed by atoms with Crippen LogP contribution in [0.5, 0.6) is 0 Å². The zero-order chi connectivity index (χ0) is 15.9. The summed E-state index contributed by atoms with van der Waals surface area (Å²) in [6, 6.07) is 4.39. The van der Waals surface area contributed by atoms with Crippen molar-refractivity contribution >= 4 is 41.3 Å². The van der Waals surface area contributed by atoms with Gasteiger partial charge >= 0.3 is 0 Å². The molecule has 0 saturated carbocycles. The highest BCUT2D eigenvalue weighted by Crippen LogP contribution is 2.20. The molecule has 1 unspecified atom stereocenters. The largest absolute Gasteiger partial charge is 0.370 e. The van der Waals surface area contributed by atoms with Crippen molar-refractivity contribution in [3.05, 3.63) is 22.4 Å². The summed E-state index contributed by atoms with van der Waals surface area (Å²) in [4.78, 5) is 11.1. The lowest BCUT2D eigenvalue weighted by molar-refractivity contribution is 0.172. The summed E-state index contributed by atoms with van der Waals surface area (Å²) in [6.45, 7) is 6.55. The van der Waals surface area contributed by atoms with Gasteiger partial charge in [0.25, 0.3) is 0 Å². The summed E-state index contributed by atoms with van der Waals surface area (Å²) >= 11 is 1.86. The maximum atomic E-state index is 6.24. The van der Waals surface area contributed by atoms with E-state index in [9.17, 15) is 0 Å². The maximum Gasteiger partial charge on any atom is 0.191 e. The Morgan fingerprint density at radius 1 is 1.17 bits per heavy atom. The van der Waals surface area contributed by atoms with Crippen LogP contribution in [0, 0.1) is 5.92 Å². The molecule has 3 rings (SSSR count). The lowest BCUT2D eigenvalue weighted by Gasteiger charge is -2.32. The van der Waals surface area contributed by atoms with Gasteiger partial charge in [-0.2, -0.15) is 0 Å². The summed E-state index contributed by atoms with van der Waals surface area (Å²) in [7, 11) is 0. The molecule has 0 bridgehead atoms. The van der Waals surface area contributed by atoms with Gasteiger partial charge in [0.05, 0.1) is 0 Å². The summed E-state index contributed by atoms with van der Waals surface area (Å²) < 4.78 is 0. The third-order valence-electron chi connectivity index (χ3n) is 5.00. The fraction of sp³-hybridized carbons (Fsp3) is 0.722. The van der Waals surface area contributed by atoms with Crippen LogP contribution < -0.4 is 5.73 Å². The summed E-state index contributed by atoms with van der Waals surface area (Å²) in [5.74, 6) is 1.44. The third kappa shape index (κ3) is 6.19. The van der Waals surface area contributed by atoms with Gasteiger partial charge in [-0.05, 0) is 49.6 Å². The first-order valence-electron chi connectivity index (χ1n) is 9.11. The molecule has 0 radical (unpaired) electrons. The minimum atomic E-state index is 0. The number of guanidine groups is 1. The van der Waals surface area contributed by atoms with Crippen LogP contribution in [0.1, 0.15) is 43.4 Å². The van der Waals surface area contributed by atoms with E-state index in [0.717, 1.165) is 38.7 Å². The Balaban J connectivity index is 0.00000208. The highest BCUT2D eigenvalue weighted by atomic mass is 127. The quantitative estimate of drug-likeness (QED) is 0.421. The van der Waals surface area contributed by atoms with Gasteiger partial charge in [-0.1, -0.05) is 18.9 Å². The number of piperidine rings is 1. The molecule has 24 heavy (non-hydrogen) atoms. The van der Waals surface area contributed by atoms with Crippen molar-refractivity contribution in [3.8, 4) is 0 Å². The molecular weight excluding hydrogens is 431 g/mol. The molecule has 2 saturated heterocycles.